The van der Waals surface area contributed by atoms with Gasteiger partial charge in [-0.3, -0.25) is 4.79 Å². The Morgan fingerprint density at radius 3 is 2.93 bits per heavy atom. The zero-order chi connectivity index (χ0) is 11.1. The lowest BCUT2D eigenvalue weighted by Crippen LogP contribution is -2.41. The Balaban J connectivity index is 2.24. The van der Waals surface area contributed by atoms with Gasteiger partial charge in [-0.2, -0.15) is 0 Å². The second kappa shape index (κ2) is 6.62. The molecule has 0 bridgehead atoms. The number of hydrogen-bond acceptors (Lipinski definition) is 2. The van der Waals surface area contributed by atoms with Crippen LogP contribution in [0.5, 0.6) is 0 Å². The van der Waals surface area contributed by atoms with E-state index in [1.807, 2.05) is 6.92 Å². The molecule has 0 aromatic carbocycles. The van der Waals surface area contributed by atoms with Gasteiger partial charge in [0.05, 0.1) is 0 Å². The Morgan fingerprint density at radius 1 is 1.53 bits per heavy atom. The van der Waals surface area contributed by atoms with E-state index in [1.165, 1.54) is 0 Å². The summed E-state index contributed by atoms with van der Waals surface area (Å²) in [6, 6.07) is 0.353. The molecule has 0 heterocycles. The molecule has 0 saturated carbocycles. The second-order valence-electron chi connectivity index (χ2n) is 4.20. The van der Waals surface area contributed by atoms with E-state index < -0.39 is 0 Å². The van der Waals surface area contributed by atoms with Gasteiger partial charge in [-0.1, -0.05) is 26.0 Å². The molecule has 1 rings (SSSR count). The third-order valence-corrected chi connectivity index (χ3v) is 2.76. The molecular formula is C12H22N2O. The standard InChI is InChI=1S/C12H22N2O/c1-3-13-9-10(2)12(15)14-11-7-5-4-6-8-11/h4-5,10-11,13H,3,6-9H2,1-2H3,(H,14,15). The number of amides is 1. The summed E-state index contributed by atoms with van der Waals surface area (Å²) in [5, 5.41) is 6.29. The zero-order valence-electron chi connectivity index (χ0n) is 9.75. The van der Waals surface area contributed by atoms with Crippen LogP contribution in [0.1, 0.15) is 33.1 Å². The summed E-state index contributed by atoms with van der Waals surface area (Å²) in [5.74, 6) is 0.243. The fraction of sp³-hybridized carbons (Fsp3) is 0.750. The van der Waals surface area contributed by atoms with Crippen molar-refractivity contribution in [2.24, 2.45) is 5.92 Å². The van der Waals surface area contributed by atoms with Crippen molar-refractivity contribution < 1.29 is 4.79 Å². The molecule has 2 N–H and O–H groups in total. The van der Waals surface area contributed by atoms with Crippen molar-refractivity contribution in [2.45, 2.75) is 39.2 Å². The fourth-order valence-corrected chi connectivity index (χ4v) is 1.72. The van der Waals surface area contributed by atoms with Crippen molar-refractivity contribution in [2.75, 3.05) is 13.1 Å². The van der Waals surface area contributed by atoms with Crippen LogP contribution in [0.25, 0.3) is 0 Å². The van der Waals surface area contributed by atoms with Gasteiger partial charge in [0.1, 0.15) is 0 Å². The molecule has 2 atom stereocenters. The average molecular weight is 210 g/mol. The lowest BCUT2D eigenvalue weighted by Gasteiger charge is -2.21. The van der Waals surface area contributed by atoms with Crippen LogP contribution < -0.4 is 10.6 Å². The van der Waals surface area contributed by atoms with E-state index in [9.17, 15) is 4.79 Å². The molecule has 0 fully saturated rings. The highest BCUT2D eigenvalue weighted by molar-refractivity contribution is 5.78. The fourth-order valence-electron chi connectivity index (χ4n) is 1.72. The third kappa shape index (κ3) is 4.47. The first-order valence-corrected chi connectivity index (χ1v) is 5.90. The topological polar surface area (TPSA) is 41.1 Å². The van der Waals surface area contributed by atoms with Gasteiger partial charge >= 0.3 is 0 Å². The van der Waals surface area contributed by atoms with Gasteiger partial charge in [-0.05, 0) is 25.8 Å². The number of hydrogen-bond donors (Lipinski definition) is 2. The molecule has 0 aromatic rings. The molecule has 3 heteroatoms. The summed E-state index contributed by atoms with van der Waals surface area (Å²) in [5.41, 5.74) is 0. The molecule has 0 aliphatic heterocycles. The van der Waals surface area contributed by atoms with E-state index in [-0.39, 0.29) is 11.8 Å². The minimum absolute atomic E-state index is 0.0656. The Kier molecular flexibility index (Phi) is 5.40. The summed E-state index contributed by atoms with van der Waals surface area (Å²) >= 11 is 0. The maximum atomic E-state index is 11.7. The largest absolute Gasteiger partial charge is 0.353 e. The Hall–Kier alpha value is -0.830. The molecule has 1 amide bonds. The van der Waals surface area contributed by atoms with Crippen LogP contribution in [0.2, 0.25) is 0 Å². The van der Waals surface area contributed by atoms with Crippen LogP contribution in [-0.2, 0) is 4.79 Å². The summed E-state index contributed by atoms with van der Waals surface area (Å²) in [6.07, 6.45) is 7.50. The van der Waals surface area contributed by atoms with Crippen molar-refractivity contribution in [3.8, 4) is 0 Å². The van der Waals surface area contributed by atoms with Crippen LogP contribution in [0, 0.1) is 5.92 Å². The summed E-state index contributed by atoms with van der Waals surface area (Å²) in [7, 11) is 0. The lowest BCUT2D eigenvalue weighted by atomic mass is 10.0. The Morgan fingerprint density at radius 2 is 2.33 bits per heavy atom. The second-order valence-corrected chi connectivity index (χ2v) is 4.20. The van der Waals surface area contributed by atoms with E-state index in [0.29, 0.717) is 6.04 Å². The van der Waals surface area contributed by atoms with E-state index in [0.717, 1.165) is 32.4 Å². The summed E-state index contributed by atoms with van der Waals surface area (Å²) < 4.78 is 0. The van der Waals surface area contributed by atoms with Gasteiger partial charge in [-0.15, -0.1) is 0 Å². The molecule has 86 valence electrons. The van der Waals surface area contributed by atoms with E-state index in [4.69, 9.17) is 0 Å². The highest BCUT2D eigenvalue weighted by Gasteiger charge is 2.17. The summed E-state index contributed by atoms with van der Waals surface area (Å²) in [6.45, 7) is 5.71. The number of carbonyl (C=O) groups excluding carboxylic acids is 1. The zero-order valence-corrected chi connectivity index (χ0v) is 9.75. The van der Waals surface area contributed by atoms with Crippen molar-refractivity contribution in [1.29, 1.82) is 0 Å². The van der Waals surface area contributed by atoms with Crippen LogP contribution >= 0.6 is 0 Å². The molecule has 0 radical (unpaired) electrons. The molecule has 1 aliphatic carbocycles. The Labute approximate surface area is 92.3 Å². The molecule has 0 aromatic heterocycles. The predicted octanol–water partition coefficient (Wildman–Crippen LogP) is 1.46. The van der Waals surface area contributed by atoms with Crippen molar-refractivity contribution in [3.05, 3.63) is 12.2 Å². The average Bonchev–Trinajstić information content (AvgIpc) is 2.27. The highest BCUT2D eigenvalue weighted by Crippen LogP contribution is 2.11. The first kappa shape index (κ1) is 12.2. The van der Waals surface area contributed by atoms with Crippen LogP contribution in [0.3, 0.4) is 0 Å². The monoisotopic (exact) mass is 210 g/mol. The van der Waals surface area contributed by atoms with Gasteiger partial charge in [0, 0.05) is 18.5 Å². The molecule has 0 saturated heterocycles. The van der Waals surface area contributed by atoms with Crippen molar-refractivity contribution >= 4 is 5.91 Å². The van der Waals surface area contributed by atoms with Crippen molar-refractivity contribution in [3.63, 3.8) is 0 Å². The highest BCUT2D eigenvalue weighted by atomic mass is 16.1. The molecule has 0 spiro atoms. The van der Waals surface area contributed by atoms with Gasteiger partial charge in [0.25, 0.3) is 0 Å². The minimum Gasteiger partial charge on any atom is -0.353 e. The van der Waals surface area contributed by atoms with Gasteiger partial charge in [-0.25, -0.2) is 0 Å². The molecule has 1 aliphatic rings. The molecular weight excluding hydrogens is 188 g/mol. The van der Waals surface area contributed by atoms with E-state index >= 15 is 0 Å². The lowest BCUT2D eigenvalue weighted by molar-refractivity contribution is -0.125. The first-order valence-electron chi connectivity index (χ1n) is 5.90. The maximum absolute atomic E-state index is 11.7. The maximum Gasteiger partial charge on any atom is 0.224 e. The van der Waals surface area contributed by atoms with E-state index in [1.54, 1.807) is 0 Å². The predicted molar refractivity (Wildman–Crippen MR) is 62.6 cm³/mol. The molecule has 15 heavy (non-hydrogen) atoms. The summed E-state index contributed by atoms with van der Waals surface area (Å²) in [4.78, 5) is 11.7. The number of rotatable bonds is 5. The van der Waals surface area contributed by atoms with Gasteiger partial charge in [0.15, 0.2) is 0 Å². The molecule has 2 unspecified atom stereocenters. The Bertz CT molecular complexity index is 226. The normalized spacial score (nSPS) is 22.4. The number of nitrogens with one attached hydrogen (secondary N) is 2. The smallest absolute Gasteiger partial charge is 0.224 e. The van der Waals surface area contributed by atoms with Crippen LogP contribution in [0.4, 0.5) is 0 Å². The number of carbonyl (C=O) groups is 1. The quantitative estimate of drug-likeness (QED) is 0.674. The van der Waals surface area contributed by atoms with Crippen LogP contribution in [0.15, 0.2) is 12.2 Å². The SMILES string of the molecule is CCNCC(C)C(=O)NC1CC=CCC1. The molecule has 3 nitrogen and oxygen atoms in total. The third-order valence-electron chi connectivity index (χ3n) is 2.76. The van der Waals surface area contributed by atoms with Crippen molar-refractivity contribution in [1.82, 2.24) is 10.6 Å². The minimum atomic E-state index is 0.0656. The van der Waals surface area contributed by atoms with Gasteiger partial charge < -0.3 is 10.6 Å². The van der Waals surface area contributed by atoms with Gasteiger partial charge in [0.2, 0.25) is 5.91 Å². The first-order chi connectivity index (χ1) is 7.24. The number of allylic oxidation sites excluding steroid dienone is 1. The van der Waals surface area contributed by atoms with E-state index in [2.05, 4.69) is 29.7 Å². The van der Waals surface area contributed by atoms with Crippen LogP contribution in [-0.4, -0.2) is 25.0 Å².